The van der Waals surface area contributed by atoms with Gasteiger partial charge in [0.25, 0.3) is 11.8 Å². The second kappa shape index (κ2) is 6.84. The highest BCUT2D eigenvalue weighted by molar-refractivity contribution is 6.21. The lowest BCUT2D eigenvalue weighted by Crippen LogP contribution is -2.23. The number of nitriles is 1. The summed E-state index contributed by atoms with van der Waals surface area (Å²) < 4.78 is 10.4. The predicted molar refractivity (Wildman–Crippen MR) is 88.6 cm³/mol. The monoisotopic (exact) mass is 335 g/mol. The van der Waals surface area contributed by atoms with Crippen LogP contribution in [-0.2, 0) is 0 Å². The van der Waals surface area contributed by atoms with Gasteiger partial charge in [0.05, 0.1) is 24.5 Å². The molecule has 1 aliphatic rings. The molecule has 2 amide bonds. The molecule has 0 saturated carbocycles. The maximum Gasteiger partial charge on any atom is 0.282 e. The van der Waals surface area contributed by atoms with Crippen molar-refractivity contribution in [2.24, 2.45) is 5.10 Å². The van der Waals surface area contributed by atoms with Gasteiger partial charge in [0, 0.05) is 0 Å². The molecule has 0 bridgehead atoms. The van der Waals surface area contributed by atoms with Gasteiger partial charge in [-0.2, -0.15) is 15.4 Å². The number of imide groups is 1. The van der Waals surface area contributed by atoms with E-state index < -0.39 is 11.8 Å². The molecule has 0 aliphatic carbocycles. The first kappa shape index (κ1) is 16.2. The molecule has 124 valence electrons. The summed E-state index contributed by atoms with van der Waals surface area (Å²) in [4.78, 5) is 24.5. The van der Waals surface area contributed by atoms with Crippen molar-refractivity contribution >= 4 is 18.0 Å². The van der Waals surface area contributed by atoms with Gasteiger partial charge in [-0.3, -0.25) is 9.59 Å². The lowest BCUT2D eigenvalue weighted by atomic mass is 10.1. The lowest BCUT2D eigenvalue weighted by molar-refractivity contribution is 0.0660. The van der Waals surface area contributed by atoms with E-state index in [1.54, 1.807) is 42.5 Å². The van der Waals surface area contributed by atoms with Crippen LogP contribution in [-0.4, -0.2) is 36.8 Å². The molecule has 2 aromatic rings. The number of amides is 2. The first-order valence-electron chi connectivity index (χ1n) is 7.35. The van der Waals surface area contributed by atoms with Crippen LogP contribution in [0.3, 0.4) is 0 Å². The summed E-state index contributed by atoms with van der Waals surface area (Å²) in [6.07, 6.45) is 1.39. The largest absolute Gasteiger partial charge is 0.493 e. The minimum absolute atomic E-state index is 0.0984. The van der Waals surface area contributed by atoms with E-state index in [-0.39, 0.29) is 6.61 Å². The van der Waals surface area contributed by atoms with Crippen LogP contribution < -0.4 is 9.47 Å². The lowest BCUT2D eigenvalue weighted by Gasteiger charge is -2.09. The van der Waals surface area contributed by atoms with Gasteiger partial charge in [-0.1, -0.05) is 12.1 Å². The summed E-state index contributed by atoms with van der Waals surface area (Å²) in [5.74, 6) is -0.0842. The van der Waals surface area contributed by atoms with Crippen molar-refractivity contribution in [3.63, 3.8) is 0 Å². The van der Waals surface area contributed by atoms with Crippen molar-refractivity contribution in [2.45, 2.75) is 0 Å². The molecular weight excluding hydrogens is 322 g/mol. The fraction of sp³-hybridized carbons (Fsp3) is 0.111. The molecule has 0 saturated heterocycles. The summed E-state index contributed by atoms with van der Waals surface area (Å²) in [6.45, 7) is -0.0984. The SMILES string of the molecule is COc1cc(/C=N\N2C(=O)c3ccccc3C2=O)ccc1OCC#N. The van der Waals surface area contributed by atoms with Crippen LogP contribution in [0.4, 0.5) is 0 Å². The molecule has 1 heterocycles. The molecule has 0 unspecified atom stereocenters. The number of hydrazone groups is 1. The van der Waals surface area contributed by atoms with Gasteiger partial charge in [-0.05, 0) is 35.9 Å². The van der Waals surface area contributed by atoms with Gasteiger partial charge < -0.3 is 9.47 Å². The fourth-order valence-electron chi connectivity index (χ4n) is 2.40. The quantitative estimate of drug-likeness (QED) is 0.617. The number of ether oxygens (including phenoxy) is 2. The number of fused-ring (bicyclic) bond motifs is 1. The van der Waals surface area contributed by atoms with Crippen LogP contribution in [0.1, 0.15) is 26.3 Å². The molecule has 0 spiro atoms. The highest BCUT2D eigenvalue weighted by Crippen LogP contribution is 2.28. The number of benzene rings is 2. The zero-order chi connectivity index (χ0) is 17.8. The Bertz CT molecular complexity index is 880. The highest BCUT2D eigenvalue weighted by atomic mass is 16.5. The Morgan fingerprint density at radius 3 is 2.40 bits per heavy atom. The Balaban J connectivity index is 1.82. The Labute approximate surface area is 143 Å². The van der Waals surface area contributed by atoms with Crippen LogP contribution in [0.5, 0.6) is 11.5 Å². The second-order valence-electron chi connectivity index (χ2n) is 5.07. The number of methoxy groups -OCH3 is 1. The molecule has 0 fully saturated rings. The zero-order valence-corrected chi connectivity index (χ0v) is 13.3. The molecule has 7 heteroatoms. The third-order valence-corrected chi connectivity index (χ3v) is 3.57. The van der Waals surface area contributed by atoms with Gasteiger partial charge in [-0.15, -0.1) is 0 Å². The average molecular weight is 335 g/mol. The maximum atomic E-state index is 12.2. The van der Waals surface area contributed by atoms with Crippen LogP contribution in [0.15, 0.2) is 47.6 Å². The van der Waals surface area contributed by atoms with Gasteiger partial charge in [0.2, 0.25) is 0 Å². The van der Waals surface area contributed by atoms with E-state index in [1.165, 1.54) is 13.3 Å². The molecule has 0 radical (unpaired) electrons. The van der Waals surface area contributed by atoms with E-state index >= 15 is 0 Å². The van der Waals surface area contributed by atoms with Gasteiger partial charge >= 0.3 is 0 Å². The van der Waals surface area contributed by atoms with Gasteiger partial charge in [0.1, 0.15) is 6.07 Å². The van der Waals surface area contributed by atoms with E-state index in [1.807, 2.05) is 6.07 Å². The summed E-state index contributed by atoms with van der Waals surface area (Å²) in [5, 5.41) is 13.4. The van der Waals surface area contributed by atoms with Crippen molar-refractivity contribution in [1.82, 2.24) is 5.01 Å². The topological polar surface area (TPSA) is 92.0 Å². The number of rotatable bonds is 5. The van der Waals surface area contributed by atoms with Crippen molar-refractivity contribution in [1.29, 1.82) is 5.26 Å². The smallest absolute Gasteiger partial charge is 0.282 e. The van der Waals surface area contributed by atoms with Crippen LogP contribution >= 0.6 is 0 Å². The Kier molecular flexibility index (Phi) is 4.44. The highest BCUT2D eigenvalue weighted by Gasteiger charge is 2.35. The normalized spacial score (nSPS) is 13.0. The molecule has 0 atom stereocenters. The molecule has 0 aromatic heterocycles. The van der Waals surface area contributed by atoms with E-state index in [2.05, 4.69) is 5.10 Å². The Morgan fingerprint density at radius 2 is 1.80 bits per heavy atom. The number of nitrogens with zero attached hydrogens (tertiary/aromatic N) is 3. The van der Waals surface area contributed by atoms with E-state index in [4.69, 9.17) is 14.7 Å². The fourth-order valence-corrected chi connectivity index (χ4v) is 2.40. The van der Waals surface area contributed by atoms with Crippen molar-refractivity contribution in [3.05, 3.63) is 59.2 Å². The minimum atomic E-state index is -0.460. The zero-order valence-electron chi connectivity index (χ0n) is 13.3. The van der Waals surface area contributed by atoms with Crippen LogP contribution in [0, 0.1) is 11.3 Å². The number of hydrogen-bond acceptors (Lipinski definition) is 6. The molecule has 0 N–H and O–H groups in total. The maximum absolute atomic E-state index is 12.2. The number of carbonyl (C=O) groups excluding carboxylic acids is 2. The van der Waals surface area contributed by atoms with Crippen LogP contribution in [0.2, 0.25) is 0 Å². The summed E-state index contributed by atoms with van der Waals surface area (Å²) in [6, 6.07) is 13.4. The first-order valence-corrected chi connectivity index (χ1v) is 7.35. The third kappa shape index (κ3) is 3.05. The van der Waals surface area contributed by atoms with E-state index in [0.29, 0.717) is 28.2 Å². The minimum Gasteiger partial charge on any atom is -0.493 e. The Hall–Kier alpha value is -3.66. The van der Waals surface area contributed by atoms with Crippen LogP contribution in [0.25, 0.3) is 0 Å². The number of carbonyl (C=O) groups is 2. The molecular formula is C18H13N3O4. The standard InChI is InChI=1S/C18H13N3O4/c1-24-16-10-12(6-7-15(16)25-9-8-19)11-20-21-17(22)13-4-2-3-5-14(13)18(21)23/h2-7,10-11H,9H2,1H3/b20-11-. The van der Waals surface area contributed by atoms with Crippen molar-refractivity contribution < 1.29 is 19.1 Å². The molecule has 3 rings (SSSR count). The van der Waals surface area contributed by atoms with Crippen molar-refractivity contribution in [3.8, 4) is 17.6 Å². The van der Waals surface area contributed by atoms with Gasteiger partial charge in [-0.25, -0.2) is 0 Å². The Morgan fingerprint density at radius 1 is 1.12 bits per heavy atom. The molecule has 2 aromatic carbocycles. The van der Waals surface area contributed by atoms with Crippen molar-refractivity contribution in [2.75, 3.05) is 13.7 Å². The summed E-state index contributed by atoms with van der Waals surface area (Å²) in [7, 11) is 1.47. The predicted octanol–water partition coefficient (Wildman–Crippen LogP) is 2.23. The van der Waals surface area contributed by atoms with Gasteiger partial charge in [0.15, 0.2) is 18.1 Å². The second-order valence-corrected chi connectivity index (χ2v) is 5.07. The number of hydrogen-bond donors (Lipinski definition) is 0. The molecule has 1 aliphatic heterocycles. The summed E-state index contributed by atoms with van der Waals surface area (Å²) >= 11 is 0. The summed E-state index contributed by atoms with van der Waals surface area (Å²) in [5.41, 5.74) is 1.28. The van der Waals surface area contributed by atoms with E-state index in [9.17, 15) is 9.59 Å². The molecule has 25 heavy (non-hydrogen) atoms. The average Bonchev–Trinajstić information content (AvgIpc) is 2.89. The first-order chi connectivity index (χ1) is 12.2. The third-order valence-electron chi connectivity index (χ3n) is 3.57. The molecule has 7 nitrogen and oxygen atoms in total. The van der Waals surface area contributed by atoms with E-state index in [0.717, 1.165) is 5.01 Å².